The fourth-order valence-corrected chi connectivity index (χ4v) is 3.12. The van der Waals surface area contributed by atoms with Crippen LogP contribution in [0.15, 0.2) is 34.9 Å². The van der Waals surface area contributed by atoms with E-state index in [-0.39, 0.29) is 11.7 Å². The second kappa shape index (κ2) is 8.25. The topological polar surface area (TPSA) is 78.7 Å². The van der Waals surface area contributed by atoms with Gasteiger partial charge in [0.25, 0.3) is 0 Å². The molecule has 0 atom stereocenters. The number of benzene rings is 1. The molecule has 1 aromatic carbocycles. The number of piperazine rings is 1. The first-order chi connectivity index (χ1) is 12.5. The van der Waals surface area contributed by atoms with E-state index in [4.69, 9.17) is 4.52 Å². The van der Waals surface area contributed by atoms with Gasteiger partial charge in [-0.2, -0.15) is 0 Å². The van der Waals surface area contributed by atoms with Gasteiger partial charge in [0, 0.05) is 44.4 Å². The molecule has 0 bridgehead atoms. The van der Waals surface area contributed by atoms with Gasteiger partial charge in [-0.3, -0.25) is 19.4 Å². The van der Waals surface area contributed by atoms with Crippen molar-refractivity contribution in [1.82, 2.24) is 15.0 Å². The van der Waals surface area contributed by atoms with Gasteiger partial charge < -0.3 is 9.84 Å². The Hall–Kier alpha value is -2.51. The Labute approximate surface area is 152 Å². The number of anilines is 1. The van der Waals surface area contributed by atoms with Crippen molar-refractivity contribution >= 4 is 17.4 Å². The molecule has 1 amide bonds. The van der Waals surface area contributed by atoms with Crippen LogP contribution in [-0.2, 0) is 11.3 Å². The van der Waals surface area contributed by atoms with Crippen LogP contribution >= 0.6 is 0 Å². The monoisotopic (exact) mass is 356 g/mol. The molecule has 0 spiro atoms. The molecular formula is C19H24N4O3. The molecule has 0 saturated carbocycles. The molecule has 1 aliphatic heterocycles. The standard InChI is InChI=1S/C19H24N4O3/c1-14-11-16(21-26-14)12-22-7-9-23(10-8-22)13-19(25)20-18-6-4-3-5-17(18)15(2)24/h3-6,11H,7-10,12-13H2,1-2H3,(H,20,25). The quantitative estimate of drug-likeness (QED) is 0.797. The molecule has 1 N–H and O–H groups in total. The predicted octanol–water partition coefficient (Wildman–Crippen LogP) is 1.94. The highest BCUT2D eigenvalue weighted by molar-refractivity contribution is 6.04. The van der Waals surface area contributed by atoms with Gasteiger partial charge in [0.2, 0.25) is 5.91 Å². The van der Waals surface area contributed by atoms with Crippen molar-refractivity contribution in [1.29, 1.82) is 0 Å². The Morgan fingerprint density at radius 2 is 1.85 bits per heavy atom. The molecule has 0 aliphatic carbocycles. The summed E-state index contributed by atoms with van der Waals surface area (Å²) < 4.78 is 5.10. The maximum absolute atomic E-state index is 12.3. The summed E-state index contributed by atoms with van der Waals surface area (Å²) >= 11 is 0. The molecule has 1 aromatic heterocycles. The van der Waals surface area contributed by atoms with Gasteiger partial charge in [-0.1, -0.05) is 17.3 Å². The van der Waals surface area contributed by atoms with Gasteiger partial charge in [-0.05, 0) is 26.0 Å². The van der Waals surface area contributed by atoms with Crippen LogP contribution in [0.3, 0.4) is 0 Å². The van der Waals surface area contributed by atoms with E-state index in [2.05, 4.69) is 20.3 Å². The van der Waals surface area contributed by atoms with Gasteiger partial charge in [0.05, 0.1) is 17.9 Å². The van der Waals surface area contributed by atoms with Crippen molar-refractivity contribution in [2.75, 3.05) is 38.0 Å². The number of carbonyl (C=O) groups excluding carboxylic acids is 2. The fourth-order valence-electron chi connectivity index (χ4n) is 3.12. The van der Waals surface area contributed by atoms with Crippen molar-refractivity contribution in [3.8, 4) is 0 Å². The first-order valence-electron chi connectivity index (χ1n) is 8.78. The summed E-state index contributed by atoms with van der Waals surface area (Å²) in [5.41, 5.74) is 2.05. The summed E-state index contributed by atoms with van der Waals surface area (Å²) in [4.78, 5) is 28.4. The fraction of sp³-hybridized carbons (Fsp3) is 0.421. The van der Waals surface area contributed by atoms with Crippen molar-refractivity contribution < 1.29 is 14.1 Å². The van der Waals surface area contributed by atoms with Crippen LogP contribution in [0.1, 0.15) is 28.7 Å². The van der Waals surface area contributed by atoms with E-state index in [1.807, 2.05) is 19.1 Å². The first-order valence-corrected chi connectivity index (χ1v) is 8.78. The number of carbonyl (C=O) groups is 2. The third-order valence-electron chi connectivity index (χ3n) is 4.47. The molecular weight excluding hydrogens is 332 g/mol. The van der Waals surface area contributed by atoms with Crippen molar-refractivity contribution in [3.63, 3.8) is 0 Å². The number of nitrogens with one attached hydrogen (secondary N) is 1. The minimum absolute atomic E-state index is 0.0578. The normalized spacial score (nSPS) is 15.8. The van der Waals surface area contributed by atoms with E-state index in [0.29, 0.717) is 17.8 Å². The van der Waals surface area contributed by atoms with Crippen LogP contribution in [0.25, 0.3) is 0 Å². The highest BCUT2D eigenvalue weighted by Crippen LogP contribution is 2.16. The van der Waals surface area contributed by atoms with Crippen LogP contribution < -0.4 is 5.32 Å². The third kappa shape index (κ3) is 4.77. The molecule has 7 heteroatoms. The summed E-state index contributed by atoms with van der Waals surface area (Å²) in [6, 6.07) is 9.04. The van der Waals surface area contributed by atoms with E-state index < -0.39 is 0 Å². The molecule has 2 heterocycles. The van der Waals surface area contributed by atoms with E-state index in [9.17, 15) is 9.59 Å². The summed E-state index contributed by atoms with van der Waals surface area (Å²) in [5.74, 6) is 0.665. The van der Waals surface area contributed by atoms with Crippen LogP contribution in [0.2, 0.25) is 0 Å². The van der Waals surface area contributed by atoms with Crippen LogP contribution in [0.5, 0.6) is 0 Å². The van der Waals surface area contributed by atoms with Gasteiger partial charge in [-0.15, -0.1) is 0 Å². The summed E-state index contributed by atoms with van der Waals surface area (Å²) in [6.45, 7) is 7.87. The maximum Gasteiger partial charge on any atom is 0.238 e. The highest BCUT2D eigenvalue weighted by atomic mass is 16.5. The lowest BCUT2D eigenvalue weighted by molar-refractivity contribution is -0.117. The number of amides is 1. The second-order valence-corrected chi connectivity index (χ2v) is 6.63. The number of aryl methyl sites for hydroxylation is 1. The average Bonchev–Trinajstić information content (AvgIpc) is 3.02. The predicted molar refractivity (Wildman–Crippen MR) is 98.0 cm³/mol. The maximum atomic E-state index is 12.3. The van der Waals surface area contributed by atoms with E-state index in [1.54, 1.807) is 18.2 Å². The minimum atomic E-state index is -0.0979. The lowest BCUT2D eigenvalue weighted by atomic mass is 10.1. The number of nitrogens with zero attached hydrogens (tertiary/aromatic N) is 3. The van der Waals surface area contributed by atoms with Gasteiger partial charge in [0.15, 0.2) is 5.78 Å². The molecule has 2 aromatic rings. The van der Waals surface area contributed by atoms with Crippen molar-refractivity contribution in [2.24, 2.45) is 0 Å². The molecule has 138 valence electrons. The zero-order valence-corrected chi connectivity index (χ0v) is 15.2. The van der Waals surface area contributed by atoms with Crippen molar-refractivity contribution in [3.05, 3.63) is 47.3 Å². The van der Waals surface area contributed by atoms with Crippen LogP contribution in [0, 0.1) is 6.92 Å². The Morgan fingerprint density at radius 1 is 1.15 bits per heavy atom. The average molecular weight is 356 g/mol. The Morgan fingerprint density at radius 3 is 2.50 bits per heavy atom. The lowest BCUT2D eigenvalue weighted by Gasteiger charge is -2.33. The van der Waals surface area contributed by atoms with Gasteiger partial charge in [-0.25, -0.2) is 0 Å². The summed E-state index contributed by atoms with van der Waals surface area (Å²) in [6.07, 6.45) is 0. The number of hydrogen-bond acceptors (Lipinski definition) is 6. The zero-order valence-electron chi connectivity index (χ0n) is 15.2. The third-order valence-corrected chi connectivity index (χ3v) is 4.47. The van der Waals surface area contributed by atoms with Crippen LogP contribution in [0.4, 0.5) is 5.69 Å². The Kier molecular flexibility index (Phi) is 5.80. The number of Topliss-reactive ketones (excluding diaryl/α,β-unsaturated/α-hetero) is 1. The zero-order chi connectivity index (χ0) is 18.5. The number of ketones is 1. The number of hydrogen-bond donors (Lipinski definition) is 1. The molecule has 0 radical (unpaired) electrons. The molecule has 26 heavy (non-hydrogen) atoms. The van der Waals surface area contributed by atoms with E-state index >= 15 is 0 Å². The second-order valence-electron chi connectivity index (χ2n) is 6.63. The van der Waals surface area contributed by atoms with E-state index in [1.165, 1.54) is 6.92 Å². The Balaban J connectivity index is 1.47. The number of rotatable bonds is 6. The minimum Gasteiger partial charge on any atom is -0.361 e. The van der Waals surface area contributed by atoms with Crippen LogP contribution in [-0.4, -0.2) is 59.4 Å². The SMILES string of the molecule is CC(=O)c1ccccc1NC(=O)CN1CCN(Cc2cc(C)on2)CC1. The summed E-state index contributed by atoms with van der Waals surface area (Å²) in [5, 5.41) is 6.88. The molecule has 1 aliphatic rings. The molecule has 1 fully saturated rings. The highest BCUT2D eigenvalue weighted by Gasteiger charge is 2.20. The van der Waals surface area contributed by atoms with E-state index in [0.717, 1.165) is 44.2 Å². The first kappa shape index (κ1) is 18.3. The Bertz CT molecular complexity index is 779. The number of aromatic nitrogens is 1. The molecule has 3 rings (SSSR count). The van der Waals surface area contributed by atoms with Gasteiger partial charge in [0.1, 0.15) is 5.76 Å². The molecule has 1 saturated heterocycles. The molecule has 0 unspecified atom stereocenters. The lowest BCUT2D eigenvalue weighted by Crippen LogP contribution is -2.48. The smallest absolute Gasteiger partial charge is 0.238 e. The van der Waals surface area contributed by atoms with Gasteiger partial charge >= 0.3 is 0 Å². The molecule has 7 nitrogen and oxygen atoms in total. The van der Waals surface area contributed by atoms with Crippen molar-refractivity contribution in [2.45, 2.75) is 20.4 Å². The summed E-state index contributed by atoms with van der Waals surface area (Å²) in [7, 11) is 0. The largest absolute Gasteiger partial charge is 0.361 e. The number of para-hydroxylation sites is 1.